The summed E-state index contributed by atoms with van der Waals surface area (Å²) < 4.78 is 0.928. The first-order valence-electron chi connectivity index (χ1n) is 6.95. The zero-order valence-electron chi connectivity index (χ0n) is 10.9. The Kier molecular flexibility index (Phi) is 3.00. The SMILES string of the molecule is O=C(c1cc(Br)c[nH]1)N1CCc2sccc2C1C1CC1. The number of rotatable bonds is 2. The van der Waals surface area contributed by atoms with Crippen LogP contribution in [0.25, 0.3) is 0 Å². The number of aromatic amines is 1. The van der Waals surface area contributed by atoms with E-state index in [9.17, 15) is 4.79 Å². The lowest BCUT2D eigenvalue weighted by Gasteiger charge is -2.36. The van der Waals surface area contributed by atoms with Crippen LogP contribution < -0.4 is 0 Å². The van der Waals surface area contributed by atoms with Crippen LogP contribution in [0.3, 0.4) is 0 Å². The predicted molar refractivity (Wildman–Crippen MR) is 83.0 cm³/mol. The van der Waals surface area contributed by atoms with Gasteiger partial charge in [-0.3, -0.25) is 4.79 Å². The largest absolute Gasteiger partial charge is 0.356 e. The number of nitrogens with zero attached hydrogens (tertiary/aromatic N) is 1. The highest BCUT2D eigenvalue weighted by Crippen LogP contribution is 2.48. The third kappa shape index (κ3) is 2.04. The van der Waals surface area contributed by atoms with Gasteiger partial charge in [0.25, 0.3) is 5.91 Å². The maximum absolute atomic E-state index is 12.8. The van der Waals surface area contributed by atoms with Crippen molar-refractivity contribution in [3.8, 4) is 0 Å². The van der Waals surface area contributed by atoms with Crippen molar-refractivity contribution < 1.29 is 4.79 Å². The Morgan fingerprint density at radius 3 is 3.00 bits per heavy atom. The molecule has 1 atom stereocenters. The van der Waals surface area contributed by atoms with Crippen LogP contribution in [-0.2, 0) is 6.42 Å². The summed E-state index contributed by atoms with van der Waals surface area (Å²) in [6.07, 6.45) is 5.31. The number of amides is 1. The van der Waals surface area contributed by atoms with E-state index >= 15 is 0 Å². The lowest BCUT2D eigenvalue weighted by molar-refractivity contribution is 0.0631. The number of carbonyl (C=O) groups is 1. The Morgan fingerprint density at radius 2 is 2.30 bits per heavy atom. The minimum absolute atomic E-state index is 0.129. The monoisotopic (exact) mass is 350 g/mol. The van der Waals surface area contributed by atoms with E-state index < -0.39 is 0 Å². The molecule has 1 N–H and O–H groups in total. The Hall–Kier alpha value is -1.07. The number of halogens is 1. The van der Waals surface area contributed by atoms with Gasteiger partial charge < -0.3 is 9.88 Å². The van der Waals surface area contributed by atoms with Gasteiger partial charge in [-0.25, -0.2) is 0 Å². The van der Waals surface area contributed by atoms with Gasteiger partial charge >= 0.3 is 0 Å². The molecule has 0 radical (unpaired) electrons. The Bertz CT molecular complexity index is 658. The van der Waals surface area contributed by atoms with E-state index in [4.69, 9.17) is 0 Å². The van der Waals surface area contributed by atoms with Crippen LogP contribution in [0.2, 0.25) is 0 Å². The van der Waals surface area contributed by atoms with Crippen LogP contribution >= 0.6 is 27.3 Å². The molecule has 1 aliphatic carbocycles. The molecule has 1 aliphatic heterocycles. The molecule has 1 amide bonds. The normalized spacial score (nSPS) is 21.9. The number of hydrogen-bond donors (Lipinski definition) is 1. The van der Waals surface area contributed by atoms with Crippen LogP contribution in [0.15, 0.2) is 28.2 Å². The number of hydrogen-bond acceptors (Lipinski definition) is 2. The molecule has 2 aromatic rings. The summed E-state index contributed by atoms with van der Waals surface area (Å²) in [4.78, 5) is 19.4. The summed E-state index contributed by atoms with van der Waals surface area (Å²) in [5.41, 5.74) is 2.07. The predicted octanol–water partition coefficient (Wildman–Crippen LogP) is 3.99. The standard InChI is InChI=1S/C15H15BrN2OS/c16-10-7-12(17-8-10)15(19)18-5-3-13-11(4-6-20-13)14(18)9-1-2-9/h4,6-9,14,17H,1-3,5H2. The number of carbonyl (C=O) groups excluding carboxylic acids is 1. The Labute approximate surface area is 130 Å². The van der Waals surface area contributed by atoms with Crippen molar-refractivity contribution in [3.05, 3.63) is 44.3 Å². The fourth-order valence-electron chi connectivity index (χ4n) is 3.14. The van der Waals surface area contributed by atoms with Crippen molar-refractivity contribution in [2.45, 2.75) is 25.3 Å². The van der Waals surface area contributed by atoms with E-state index in [-0.39, 0.29) is 5.91 Å². The highest BCUT2D eigenvalue weighted by Gasteiger charge is 2.42. The molecule has 0 spiro atoms. The summed E-state index contributed by atoms with van der Waals surface area (Å²) >= 11 is 5.23. The van der Waals surface area contributed by atoms with Gasteiger partial charge in [0.1, 0.15) is 5.69 Å². The molecule has 20 heavy (non-hydrogen) atoms. The number of thiophene rings is 1. The molecule has 0 bridgehead atoms. The van der Waals surface area contributed by atoms with Gasteiger partial charge in [-0.2, -0.15) is 0 Å². The molecule has 3 heterocycles. The Morgan fingerprint density at radius 1 is 1.45 bits per heavy atom. The topological polar surface area (TPSA) is 36.1 Å². The highest BCUT2D eigenvalue weighted by molar-refractivity contribution is 9.10. The molecule has 1 unspecified atom stereocenters. The average molecular weight is 351 g/mol. The van der Waals surface area contributed by atoms with Crippen molar-refractivity contribution in [3.63, 3.8) is 0 Å². The first-order chi connectivity index (χ1) is 9.74. The van der Waals surface area contributed by atoms with E-state index in [1.54, 1.807) is 0 Å². The second-order valence-corrected chi connectivity index (χ2v) is 7.48. The first kappa shape index (κ1) is 12.7. The highest BCUT2D eigenvalue weighted by atomic mass is 79.9. The second-order valence-electron chi connectivity index (χ2n) is 5.56. The maximum Gasteiger partial charge on any atom is 0.270 e. The van der Waals surface area contributed by atoms with E-state index in [1.165, 1.54) is 23.3 Å². The number of aromatic nitrogens is 1. The molecule has 5 heteroatoms. The second kappa shape index (κ2) is 4.74. The average Bonchev–Trinajstić information content (AvgIpc) is 3.00. The number of nitrogens with one attached hydrogen (secondary N) is 1. The summed E-state index contributed by atoms with van der Waals surface area (Å²) in [5.74, 6) is 0.787. The van der Waals surface area contributed by atoms with Crippen LogP contribution in [0.1, 0.15) is 39.8 Å². The molecule has 4 rings (SSSR count). The van der Waals surface area contributed by atoms with Gasteiger partial charge in [-0.15, -0.1) is 11.3 Å². The van der Waals surface area contributed by atoms with Gasteiger partial charge in [-0.1, -0.05) is 0 Å². The van der Waals surface area contributed by atoms with Crippen LogP contribution in [0.5, 0.6) is 0 Å². The fraction of sp³-hybridized carbons (Fsp3) is 0.400. The molecule has 0 saturated heterocycles. The molecular formula is C15H15BrN2OS. The number of fused-ring (bicyclic) bond motifs is 1. The zero-order valence-corrected chi connectivity index (χ0v) is 13.3. The minimum atomic E-state index is 0.129. The number of H-pyrrole nitrogens is 1. The lowest BCUT2D eigenvalue weighted by Crippen LogP contribution is -2.40. The maximum atomic E-state index is 12.8. The third-order valence-electron chi connectivity index (χ3n) is 4.22. The van der Waals surface area contributed by atoms with Crippen molar-refractivity contribution >= 4 is 33.2 Å². The molecule has 104 valence electrons. The quantitative estimate of drug-likeness (QED) is 0.873. The summed E-state index contributed by atoms with van der Waals surface area (Å²) in [6.45, 7) is 0.837. The molecule has 3 nitrogen and oxygen atoms in total. The van der Waals surface area contributed by atoms with Gasteiger partial charge in [0.15, 0.2) is 0 Å². The van der Waals surface area contributed by atoms with Gasteiger partial charge in [0, 0.05) is 22.1 Å². The van der Waals surface area contributed by atoms with Crippen LogP contribution in [0, 0.1) is 5.92 Å². The zero-order chi connectivity index (χ0) is 13.7. The molecule has 1 saturated carbocycles. The van der Waals surface area contributed by atoms with E-state index in [2.05, 4.69) is 37.3 Å². The molecule has 0 aromatic carbocycles. The van der Waals surface area contributed by atoms with E-state index in [1.807, 2.05) is 23.6 Å². The summed E-state index contributed by atoms with van der Waals surface area (Å²) in [5, 5.41) is 2.17. The van der Waals surface area contributed by atoms with Gasteiger partial charge in [-0.05, 0) is 64.2 Å². The summed E-state index contributed by atoms with van der Waals surface area (Å²) in [7, 11) is 0. The van der Waals surface area contributed by atoms with Crippen molar-refractivity contribution in [1.82, 2.24) is 9.88 Å². The van der Waals surface area contributed by atoms with Crippen molar-refractivity contribution in [1.29, 1.82) is 0 Å². The summed E-state index contributed by atoms with van der Waals surface area (Å²) in [6, 6.07) is 4.38. The lowest BCUT2D eigenvalue weighted by atomic mass is 9.95. The third-order valence-corrected chi connectivity index (χ3v) is 5.68. The van der Waals surface area contributed by atoms with Gasteiger partial charge in [0.2, 0.25) is 0 Å². The van der Waals surface area contributed by atoms with Crippen LogP contribution in [0.4, 0.5) is 0 Å². The van der Waals surface area contributed by atoms with E-state index in [0.29, 0.717) is 17.7 Å². The Balaban J connectivity index is 1.69. The van der Waals surface area contributed by atoms with Gasteiger partial charge in [0.05, 0.1) is 6.04 Å². The van der Waals surface area contributed by atoms with Crippen molar-refractivity contribution in [2.75, 3.05) is 6.54 Å². The molecular weight excluding hydrogens is 336 g/mol. The molecule has 1 fully saturated rings. The van der Waals surface area contributed by atoms with E-state index in [0.717, 1.165) is 17.4 Å². The minimum Gasteiger partial charge on any atom is -0.356 e. The fourth-order valence-corrected chi connectivity index (χ4v) is 4.40. The first-order valence-corrected chi connectivity index (χ1v) is 8.62. The van der Waals surface area contributed by atoms with Crippen molar-refractivity contribution in [2.24, 2.45) is 5.92 Å². The van der Waals surface area contributed by atoms with Crippen LogP contribution in [-0.4, -0.2) is 22.3 Å². The smallest absolute Gasteiger partial charge is 0.270 e. The molecule has 2 aliphatic rings. The molecule has 2 aromatic heterocycles.